The Morgan fingerprint density at radius 1 is 1.14 bits per heavy atom. The van der Waals surface area contributed by atoms with E-state index in [1.165, 1.54) is 16.8 Å². The third-order valence-electron chi connectivity index (χ3n) is 3.35. The molecule has 112 valence electrons. The van der Waals surface area contributed by atoms with E-state index >= 15 is 0 Å². The maximum atomic E-state index is 4.06. The van der Waals surface area contributed by atoms with E-state index in [1.807, 2.05) is 24.5 Å². The van der Waals surface area contributed by atoms with Gasteiger partial charge in [0.2, 0.25) is 0 Å². The van der Waals surface area contributed by atoms with Crippen LogP contribution in [0, 0.1) is 0 Å². The summed E-state index contributed by atoms with van der Waals surface area (Å²) in [7, 11) is 2.11. The average molecular weight is 348 g/mol. The first-order chi connectivity index (χ1) is 10.2. The summed E-state index contributed by atoms with van der Waals surface area (Å²) >= 11 is 3.69. The van der Waals surface area contributed by atoms with Gasteiger partial charge in [0.15, 0.2) is 0 Å². The van der Waals surface area contributed by atoms with Crippen molar-refractivity contribution in [3.8, 4) is 0 Å². The van der Waals surface area contributed by atoms with Crippen molar-refractivity contribution < 1.29 is 0 Å². The molecule has 0 amide bonds. The molecule has 0 radical (unpaired) electrons. The Kier molecular flexibility index (Phi) is 6.21. The Balaban J connectivity index is 2.02. The van der Waals surface area contributed by atoms with E-state index in [1.54, 1.807) is 0 Å². The number of rotatable bonds is 7. The predicted octanol–water partition coefficient (Wildman–Crippen LogP) is 3.98. The highest BCUT2D eigenvalue weighted by atomic mass is 79.9. The first-order valence-electron chi connectivity index (χ1n) is 7.30. The van der Waals surface area contributed by atoms with E-state index in [4.69, 9.17) is 0 Å². The van der Waals surface area contributed by atoms with Crippen molar-refractivity contribution in [2.45, 2.75) is 26.4 Å². The Hall–Kier alpha value is -1.39. The van der Waals surface area contributed by atoms with Gasteiger partial charge in [-0.15, -0.1) is 0 Å². The molecule has 1 N–H and O–H groups in total. The summed E-state index contributed by atoms with van der Waals surface area (Å²) in [6.07, 6.45) is 4.83. The van der Waals surface area contributed by atoms with Crippen LogP contribution in [0.25, 0.3) is 0 Å². The number of pyridine rings is 1. The molecule has 0 aliphatic heterocycles. The van der Waals surface area contributed by atoms with E-state index in [9.17, 15) is 0 Å². The van der Waals surface area contributed by atoms with Gasteiger partial charge in [-0.25, -0.2) is 0 Å². The van der Waals surface area contributed by atoms with Crippen LogP contribution in [-0.2, 0) is 13.1 Å². The van der Waals surface area contributed by atoms with Gasteiger partial charge >= 0.3 is 0 Å². The van der Waals surface area contributed by atoms with Gasteiger partial charge in [0, 0.05) is 37.0 Å². The highest BCUT2D eigenvalue weighted by Gasteiger charge is 2.07. The number of hydrogen-bond donors (Lipinski definition) is 1. The van der Waals surface area contributed by atoms with Gasteiger partial charge < -0.3 is 10.2 Å². The minimum atomic E-state index is 0.870. The molecule has 1 aromatic heterocycles. The lowest BCUT2D eigenvalue weighted by molar-refractivity contribution is 0.675. The van der Waals surface area contributed by atoms with Crippen molar-refractivity contribution in [2.24, 2.45) is 0 Å². The molecule has 21 heavy (non-hydrogen) atoms. The van der Waals surface area contributed by atoms with Crippen molar-refractivity contribution in [1.29, 1.82) is 0 Å². The molecule has 0 spiro atoms. The molecule has 1 heterocycles. The largest absolute Gasteiger partial charge is 0.369 e. The van der Waals surface area contributed by atoms with E-state index in [-0.39, 0.29) is 0 Å². The molecular formula is C17H22BrN3. The molecular weight excluding hydrogens is 326 g/mol. The summed E-state index contributed by atoms with van der Waals surface area (Å²) in [5.74, 6) is 0. The van der Waals surface area contributed by atoms with E-state index in [0.717, 1.165) is 30.5 Å². The third kappa shape index (κ3) is 4.83. The second-order valence-electron chi connectivity index (χ2n) is 5.17. The van der Waals surface area contributed by atoms with E-state index in [2.05, 4.69) is 63.3 Å². The number of benzene rings is 1. The van der Waals surface area contributed by atoms with Gasteiger partial charge in [0.05, 0.1) is 5.69 Å². The molecule has 3 nitrogen and oxygen atoms in total. The summed E-state index contributed by atoms with van der Waals surface area (Å²) < 4.78 is 1.13. The summed E-state index contributed by atoms with van der Waals surface area (Å²) in [5, 5.41) is 3.43. The average Bonchev–Trinajstić information content (AvgIpc) is 2.48. The second kappa shape index (κ2) is 8.15. The van der Waals surface area contributed by atoms with Gasteiger partial charge in [-0.2, -0.15) is 0 Å². The number of aromatic nitrogens is 1. The molecule has 0 bridgehead atoms. The standard InChI is InChI=1S/C17H22BrN3/c1-3-8-20-12-15-4-5-17(16(18)11-15)21(2)13-14-6-9-19-10-7-14/h4-7,9-11,20H,3,8,12-13H2,1-2H3. The Morgan fingerprint density at radius 2 is 1.90 bits per heavy atom. The molecule has 4 heteroatoms. The maximum absolute atomic E-state index is 4.06. The lowest BCUT2D eigenvalue weighted by atomic mass is 10.2. The summed E-state index contributed by atoms with van der Waals surface area (Å²) in [4.78, 5) is 6.29. The SMILES string of the molecule is CCCNCc1ccc(N(C)Cc2ccncc2)c(Br)c1. The molecule has 0 unspecified atom stereocenters. The van der Waals surface area contributed by atoms with Crippen LogP contribution in [0.4, 0.5) is 5.69 Å². The molecule has 0 fully saturated rings. The number of halogens is 1. The molecule has 0 saturated carbocycles. The van der Waals surface area contributed by atoms with E-state index < -0.39 is 0 Å². The van der Waals surface area contributed by atoms with Gasteiger partial charge in [0.25, 0.3) is 0 Å². The van der Waals surface area contributed by atoms with Crippen molar-refractivity contribution >= 4 is 21.6 Å². The fourth-order valence-electron chi connectivity index (χ4n) is 2.23. The third-order valence-corrected chi connectivity index (χ3v) is 3.98. The fraction of sp³-hybridized carbons (Fsp3) is 0.353. The smallest absolute Gasteiger partial charge is 0.0511 e. The van der Waals surface area contributed by atoms with Crippen LogP contribution in [0.15, 0.2) is 47.2 Å². The van der Waals surface area contributed by atoms with Gasteiger partial charge in [-0.05, 0) is 64.3 Å². The zero-order valence-corrected chi connectivity index (χ0v) is 14.2. The number of hydrogen-bond acceptors (Lipinski definition) is 3. The van der Waals surface area contributed by atoms with Crippen LogP contribution in [-0.4, -0.2) is 18.6 Å². The van der Waals surface area contributed by atoms with Gasteiger partial charge in [-0.1, -0.05) is 13.0 Å². The zero-order valence-electron chi connectivity index (χ0n) is 12.6. The predicted molar refractivity (Wildman–Crippen MR) is 92.5 cm³/mol. The van der Waals surface area contributed by atoms with Crippen LogP contribution in [0.2, 0.25) is 0 Å². The Labute approximate surface area is 135 Å². The minimum absolute atomic E-state index is 0.870. The molecule has 0 saturated heterocycles. The molecule has 0 aliphatic rings. The van der Waals surface area contributed by atoms with Crippen molar-refractivity contribution in [3.05, 3.63) is 58.3 Å². The van der Waals surface area contributed by atoms with Crippen LogP contribution >= 0.6 is 15.9 Å². The highest BCUT2D eigenvalue weighted by molar-refractivity contribution is 9.10. The molecule has 0 aliphatic carbocycles. The summed E-state index contributed by atoms with van der Waals surface area (Å²) in [6, 6.07) is 10.7. The Bertz CT molecular complexity index is 557. The number of anilines is 1. The molecule has 2 rings (SSSR count). The van der Waals surface area contributed by atoms with Crippen LogP contribution in [0.5, 0.6) is 0 Å². The van der Waals surface area contributed by atoms with Crippen LogP contribution in [0.3, 0.4) is 0 Å². The molecule has 0 atom stereocenters. The molecule has 1 aromatic carbocycles. The number of nitrogens with one attached hydrogen (secondary N) is 1. The van der Waals surface area contributed by atoms with Gasteiger partial charge in [0.1, 0.15) is 0 Å². The highest BCUT2D eigenvalue weighted by Crippen LogP contribution is 2.27. The topological polar surface area (TPSA) is 28.2 Å². The summed E-state index contributed by atoms with van der Waals surface area (Å²) in [5.41, 5.74) is 3.76. The van der Waals surface area contributed by atoms with Gasteiger partial charge in [-0.3, -0.25) is 4.98 Å². The monoisotopic (exact) mass is 347 g/mol. The zero-order chi connectivity index (χ0) is 15.1. The Morgan fingerprint density at radius 3 is 2.57 bits per heavy atom. The van der Waals surface area contributed by atoms with Crippen molar-refractivity contribution in [1.82, 2.24) is 10.3 Å². The van der Waals surface area contributed by atoms with E-state index in [0.29, 0.717) is 0 Å². The van der Waals surface area contributed by atoms with Crippen LogP contribution < -0.4 is 10.2 Å². The summed E-state index contributed by atoms with van der Waals surface area (Å²) in [6.45, 7) is 5.02. The maximum Gasteiger partial charge on any atom is 0.0511 e. The van der Waals surface area contributed by atoms with Crippen molar-refractivity contribution in [3.63, 3.8) is 0 Å². The van der Waals surface area contributed by atoms with Crippen molar-refractivity contribution in [2.75, 3.05) is 18.5 Å². The lowest BCUT2D eigenvalue weighted by Gasteiger charge is -2.21. The first kappa shape index (κ1) is 16.0. The lowest BCUT2D eigenvalue weighted by Crippen LogP contribution is -2.17. The van der Waals surface area contributed by atoms with Crippen LogP contribution in [0.1, 0.15) is 24.5 Å². The quantitative estimate of drug-likeness (QED) is 0.767. The number of nitrogens with zero attached hydrogens (tertiary/aromatic N) is 2. The molecule has 2 aromatic rings. The fourth-order valence-corrected chi connectivity index (χ4v) is 2.96. The second-order valence-corrected chi connectivity index (χ2v) is 6.03. The normalized spacial score (nSPS) is 10.6. The minimum Gasteiger partial charge on any atom is -0.369 e. The first-order valence-corrected chi connectivity index (χ1v) is 8.09.